The summed E-state index contributed by atoms with van der Waals surface area (Å²) < 4.78 is 10.7. The fraction of sp³-hybridized carbons (Fsp3) is 0.562. The van der Waals surface area contributed by atoms with Crippen molar-refractivity contribution in [2.24, 2.45) is 5.92 Å². The minimum absolute atomic E-state index is 0.611. The highest BCUT2D eigenvalue weighted by atomic mass is 32.1. The van der Waals surface area contributed by atoms with Crippen LogP contribution >= 0.6 is 12.2 Å². The van der Waals surface area contributed by atoms with Gasteiger partial charge < -0.3 is 25.0 Å². The maximum atomic E-state index is 5.40. The second-order valence-corrected chi connectivity index (χ2v) is 6.05. The van der Waals surface area contributed by atoms with E-state index >= 15 is 0 Å². The lowest BCUT2D eigenvalue weighted by molar-refractivity contribution is 0.211. The molecule has 1 fully saturated rings. The van der Waals surface area contributed by atoms with Gasteiger partial charge in [0.2, 0.25) is 0 Å². The van der Waals surface area contributed by atoms with Gasteiger partial charge in [-0.2, -0.15) is 0 Å². The number of thiocarbonyl (C=S) groups is 1. The van der Waals surface area contributed by atoms with Crippen LogP contribution in [0.15, 0.2) is 18.2 Å². The molecule has 1 atom stereocenters. The first-order valence-electron chi connectivity index (χ1n) is 7.58. The third-order valence-electron chi connectivity index (χ3n) is 3.92. The number of benzene rings is 1. The zero-order chi connectivity index (χ0) is 15.9. The molecule has 22 heavy (non-hydrogen) atoms. The monoisotopic (exact) mass is 323 g/mol. The number of methoxy groups -OCH3 is 2. The first kappa shape index (κ1) is 16.8. The molecule has 0 radical (unpaired) electrons. The number of hydrogen-bond donors (Lipinski definition) is 2. The van der Waals surface area contributed by atoms with E-state index in [4.69, 9.17) is 21.7 Å². The summed E-state index contributed by atoms with van der Waals surface area (Å²) in [5.74, 6) is 1.99. The van der Waals surface area contributed by atoms with Crippen molar-refractivity contribution in [3.63, 3.8) is 0 Å². The highest BCUT2D eigenvalue weighted by Gasteiger charge is 2.17. The Morgan fingerprint density at radius 3 is 2.86 bits per heavy atom. The van der Waals surface area contributed by atoms with Gasteiger partial charge in [0.1, 0.15) is 0 Å². The molecule has 0 aromatic heterocycles. The van der Waals surface area contributed by atoms with Crippen molar-refractivity contribution in [1.29, 1.82) is 0 Å². The van der Waals surface area contributed by atoms with Crippen LogP contribution < -0.4 is 20.1 Å². The summed E-state index contributed by atoms with van der Waals surface area (Å²) in [5.41, 5.74) is 0.806. The maximum absolute atomic E-state index is 5.40. The normalized spacial score (nSPS) is 18.6. The Hall–Kier alpha value is -1.53. The number of ether oxygens (including phenoxy) is 2. The minimum atomic E-state index is 0.611. The lowest BCUT2D eigenvalue weighted by Gasteiger charge is -2.30. The van der Waals surface area contributed by atoms with E-state index in [0.29, 0.717) is 22.5 Å². The lowest BCUT2D eigenvalue weighted by atomic mass is 9.99. The molecule has 0 unspecified atom stereocenters. The zero-order valence-electron chi connectivity index (χ0n) is 13.5. The number of para-hydroxylation sites is 1. The topological polar surface area (TPSA) is 45.8 Å². The van der Waals surface area contributed by atoms with Crippen LogP contribution in [0.1, 0.15) is 12.8 Å². The summed E-state index contributed by atoms with van der Waals surface area (Å²) in [7, 11) is 5.42. The van der Waals surface area contributed by atoms with E-state index in [1.165, 1.54) is 19.4 Å². The van der Waals surface area contributed by atoms with Gasteiger partial charge in [0.25, 0.3) is 0 Å². The van der Waals surface area contributed by atoms with E-state index in [1.54, 1.807) is 14.2 Å². The van der Waals surface area contributed by atoms with Gasteiger partial charge in [-0.15, -0.1) is 0 Å². The number of likely N-dealkylation sites (tertiary alicyclic amines) is 1. The van der Waals surface area contributed by atoms with E-state index in [1.807, 2.05) is 18.2 Å². The predicted molar refractivity (Wildman–Crippen MR) is 94.0 cm³/mol. The molecule has 122 valence electrons. The molecule has 2 N–H and O–H groups in total. The second-order valence-electron chi connectivity index (χ2n) is 5.65. The van der Waals surface area contributed by atoms with Crippen LogP contribution in [0.5, 0.6) is 11.5 Å². The number of nitrogens with zero attached hydrogens (tertiary/aromatic N) is 1. The molecule has 0 spiro atoms. The highest BCUT2D eigenvalue weighted by Crippen LogP contribution is 2.34. The summed E-state index contributed by atoms with van der Waals surface area (Å²) in [6.45, 7) is 3.21. The van der Waals surface area contributed by atoms with Crippen LogP contribution in [0.25, 0.3) is 0 Å². The average Bonchev–Trinajstić information content (AvgIpc) is 2.52. The quantitative estimate of drug-likeness (QED) is 0.811. The van der Waals surface area contributed by atoms with Crippen LogP contribution in [-0.2, 0) is 0 Å². The number of nitrogens with one attached hydrogen (secondary N) is 2. The summed E-state index contributed by atoms with van der Waals surface area (Å²) in [5, 5.41) is 7.11. The number of rotatable bonds is 5. The van der Waals surface area contributed by atoms with Crippen molar-refractivity contribution < 1.29 is 9.47 Å². The maximum Gasteiger partial charge on any atom is 0.184 e. The van der Waals surface area contributed by atoms with Crippen molar-refractivity contribution in [3.8, 4) is 11.5 Å². The van der Waals surface area contributed by atoms with Crippen molar-refractivity contribution in [2.75, 3.05) is 46.2 Å². The van der Waals surface area contributed by atoms with E-state index in [2.05, 4.69) is 22.6 Å². The fourth-order valence-corrected chi connectivity index (χ4v) is 3.02. The molecule has 1 aliphatic heterocycles. The summed E-state index contributed by atoms with van der Waals surface area (Å²) in [4.78, 5) is 2.37. The zero-order valence-corrected chi connectivity index (χ0v) is 14.3. The Bertz CT molecular complexity index is 510. The fourth-order valence-electron chi connectivity index (χ4n) is 2.83. The molecule has 0 saturated carbocycles. The number of anilines is 1. The van der Waals surface area contributed by atoms with Crippen LogP contribution in [-0.4, -0.2) is 50.9 Å². The second kappa shape index (κ2) is 8.19. The van der Waals surface area contributed by atoms with E-state index in [0.717, 1.165) is 18.8 Å². The smallest absolute Gasteiger partial charge is 0.184 e. The Balaban J connectivity index is 1.89. The third-order valence-corrected chi connectivity index (χ3v) is 4.17. The summed E-state index contributed by atoms with van der Waals surface area (Å²) in [6, 6.07) is 5.68. The molecule has 1 aromatic rings. The Morgan fingerprint density at radius 1 is 1.36 bits per heavy atom. The van der Waals surface area contributed by atoms with Gasteiger partial charge in [0.05, 0.1) is 19.9 Å². The number of piperidine rings is 1. The van der Waals surface area contributed by atoms with Gasteiger partial charge in [-0.3, -0.25) is 0 Å². The molecule has 2 rings (SSSR count). The predicted octanol–water partition coefficient (Wildman–Crippen LogP) is 2.33. The molecule has 0 amide bonds. The standard InChI is InChI=1S/C16H25N3O2S/c1-19-9-5-6-12(11-19)10-17-16(22)18-13-7-4-8-14(20-2)15(13)21-3/h4,7-8,12H,5-6,9-11H2,1-3H3,(H2,17,18,22)/t12-/m0/s1. The Kier molecular flexibility index (Phi) is 6.27. The van der Waals surface area contributed by atoms with Crippen molar-refractivity contribution >= 4 is 23.0 Å². The molecule has 6 heteroatoms. The first-order chi connectivity index (χ1) is 10.6. The van der Waals surface area contributed by atoms with Crippen LogP contribution in [0.2, 0.25) is 0 Å². The molecular weight excluding hydrogens is 298 g/mol. The lowest BCUT2D eigenvalue weighted by Crippen LogP contribution is -2.40. The van der Waals surface area contributed by atoms with Gasteiger partial charge in [0, 0.05) is 13.1 Å². The summed E-state index contributed by atoms with van der Waals surface area (Å²) >= 11 is 5.39. The molecule has 1 aliphatic rings. The number of hydrogen-bond acceptors (Lipinski definition) is 4. The Morgan fingerprint density at radius 2 is 2.18 bits per heavy atom. The SMILES string of the molecule is COc1cccc(NC(=S)NC[C@@H]2CCCN(C)C2)c1OC. The third kappa shape index (κ3) is 4.48. The van der Waals surface area contributed by atoms with Gasteiger partial charge in [-0.1, -0.05) is 6.07 Å². The van der Waals surface area contributed by atoms with Crippen LogP contribution in [0, 0.1) is 5.92 Å². The van der Waals surface area contributed by atoms with E-state index in [-0.39, 0.29) is 0 Å². The molecule has 0 bridgehead atoms. The van der Waals surface area contributed by atoms with Crippen LogP contribution in [0.3, 0.4) is 0 Å². The van der Waals surface area contributed by atoms with Gasteiger partial charge >= 0.3 is 0 Å². The molecule has 1 saturated heterocycles. The van der Waals surface area contributed by atoms with Gasteiger partial charge in [-0.05, 0) is 56.7 Å². The van der Waals surface area contributed by atoms with Gasteiger partial charge in [-0.25, -0.2) is 0 Å². The Labute approximate surface area is 138 Å². The van der Waals surface area contributed by atoms with Crippen molar-refractivity contribution in [3.05, 3.63) is 18.2 Å². The average molecular weight is 323 g/mol. The molecule has 1 aromatic carbocycles. The molecule has 0 aliphatic carbocycles. The molecule has 5 nitrogen and oxygen atoms in total. The molecule has 1 heterocycles. The van der Waals surface area contributed by atoms with Crippen molar-refractivity contribution in [2.45, 2.75) is 12.8 Å². The van der Waals surface area contributed by atoms with E-state index in [9.17, 15) is 0 Å². The summed E-state index contributed by atoms with van der Waals surface area (Å²) in [6.07, 6.45) is 2.51. The van der Waals surface area contributed by atoms with E-state index < -0.39 is 0 Å². The van der Waals surface area contributed by atoms with Gasteiger partial charge in [0.15, 0.2) is 16.6 Å². The largest absolute Gasteiger partial charge is 0.493 e. The molecular formula is C16H25N3O2S. The van der Waals surface area contributed by atoms with Crippen LogP contribution in [0.4, 0.5) is 5.69 Å². The highest BCUT2D eigenvalue weighted by molar-refractivity contribution is 7.80. The minimum Gasteiger partial charge on any atom is -0.493 e. The van der Waals surface area contributed by atoms with Crippen molar-refractivity contribution in [1.82, 2.24) is 10.2 Å². The first-order valence-corrected chi connectivity index (χ1v) is 7.99.